The Balaban J connectivity index is 2.22. The summed E-state index contributed by atoms with van der Waals surface area (Å²) in [4.78, 5) is 11.7. The third kappa shape index (κ3) is 2.64. The summed E-state index contributed by atoms with van der Waals surface area (Å²) in [7, 11) is 0. The summed E-state index contributed by atoms with van der Waals surface area (Å²) in [6.07, 6.45) is 2.45. The van der Waals surface area contributed by atoms with E-state index in [0.29, 0.717) is 24.4 Å². The van der Waals surface area contributed by atoms with Gasteiger partial charge in [0.15, 0.2) is 11.5 Å². The number of carbonyl (C=O) groups is 1. The zero-order chi connectivity index (χ0) is 13.0. The molecular formula is C14H16O4. The van der Waals surface area contributed by atoms with Crippen LogP contribution < -0.4 is 9.47 Å². The lowest BCUT2D eigenvalue weighted by molar-refractivity contribution is -0.138. The van der Waals surface area contributed by atoms with Crippen molar-refractivity contribution in [3.8, 4) is 11.5 Å². The van der Waals surface area contributed by atoms with Gasteiger partial charge < -0.3 is 14.2 Å². The zero-order valence-electron chi connectivity index (χ0n) is 10.6. The van der Waals surface area contributed by atoms with Gasteiger partial charge in [-0.1, -0.05) is 13.0 Å². The molecule has 0 unspecified atom stereocenters. The van der Waals surface area contributed by atoms with Crippen molar-refractivity contribution < 1.29 is 19.0 Å². The van der Waals surface area contributed by atoms with Crippen molar-refractivity contribution in [1.29, 1.82) is 0 Å². The van der Waals surface area contributed by atoms with Crippen molar-refractivity contribution in [3.05, 3.63) is 29.3 Å². The summed E-state index contributed by atoms with van der Waals surface area (Å²) >= 11 is 0. The molecule has 1 heterocycles. The van der Waals surface area contributed by atoms with Gasteiger partial charge in [0.2, 0.25) is 6.79 Å². The van der Waals surface area contributed by atoms with E-state index in [1.165, 1.54) is 0 Å². The molecular weight excluding hydrogens is 232 g/mol. The average Bonchev–Trinajstić information content (AvgIpc) is 2.83. The van der Waals surface area contributed by atoms with E-state index in [2.05, 4.69) is 0 Å². The summed E-state index contributed by atoms with van der Waals surface area (Å²) in [6.45, 7) is 4.36. The zero-order valence-corrected chi connectivity index (χ0v) is 10.6. The predicted molar refractivity (Wildman–Crippen MR) is 67.5 cm³/mol. The van der Waals surface area contributed by atoms with Gasteiger partial charge in [-0.3, -0.25) is 0 Å². The summed E-state index contributed by atoms with van der Waals surface area (Å²) < 4.78 is 15.5. The van der Waals surface area contributed by atoms with Crippen molar-refractivity contribution >= 4 is 12.0 Å². The number of ether oxygens (including phenoxy) is 3. The minimum Gasteiger partial charge on any atom is -0.463 e. The fourth-order valence-corrected chi connectivity index (χ4v) is 1.73. The molecule has 0 atom stereocenters. The average molecular weight is 248 g/mol. The summed E-state index contributed by atoms with van der Waals surface area (Å²) in [5.74, 6) is 1.18. The molecule has 0 radical (unpaired) electrons. The third-order valence-corrected chi connectivity index (χ3v) is 2.66. The summed E-state index contributed by atoms with van der Waals surface area (Å²) in [5.41, 5.74) is 1.56. The van der Waals surface area contributed by atoms with Crippen LogP contribution in [0.4, 0.5) is 0 Å². The van der Waals surface area contributed by atoms with Gasteiger partial charge in [-0.15, -0.1) is 0 Å². The first-order chi connectivity index (χ1) is 8.74. The lowest BCUT2D eigenvalue weighted by Crippen LogP contribution is -2.06. The number of hydrogen-bond donors (Lipinski definition) is 0. The lowest BCUT2D eigenvalue weighted by atomic mass is 10.1. The Labute approximate surface area is 106 Å². The van der Waals surface area contributed by atoms with Crippen LogP contribution in [0, 0.1) is 0 Å². The molecule has 4 nitrogen and oxygen atoms in total. The highest BCUT2D eigenvalue weighted by Gasteiger charge is 2.14. The Bertz CT molecular complexity index is 477. The molecule has 0 N–H and O–H groups in total. The number of benzene rings is 1. The monoisotopic (exact) mass is 248 g/mol. The second-order valence-electron chi connectivity index (χ2n) is 3.86. The van der Waals surface area contributed by atoms with Gasteiger partial charge in [0.05, 0.1) is 6.61 Å². The Kier molecular flexibility index (Phi) is 3.87. The van der Waals surface area contributed by atoms with E-state index in [1.807, 2.05) is 31.2 Å². The Morgan fingerprint density at radius 2 is 2.11 bits per heavy atom. The molecule has 1 aliphatic rings. The molecule has 0 aliphatic carbocycles. The van der Waals surface area contributed by atoms with Gasteiger partial charge in [-0.2, -0.15) is 0 Å². The van der Waals surface area contributed by atoms with Gasteiger partial charge in [0.25, 0.3) is 0 Å². The topological polar surface area (TPSA) is 44.8 Å². The normalized spacial score (nSPS) is 13.6. The first kappa shape index (κ1) is 12.5. The maximum atomic E-state index is 11.7. The highest BCUT2D eigenvalue weighted by atomic mass is 16.7. The molecule has 0 fully saturated rings. The van der Waals surface area contributed by atoms with Crippen molar-refractivity contribution in [2.75, 3.05) is 13.4 Å². The number of carbonyl (C=O) groups excluding carboxylic acids is 1. The molecule has 1 aromatic carbocycles. The molecule has 0 saturated heterocycles. The van der Waals surface area contributed by atoms with E-state index in [1.54, 1.807) is 6.92 Å². The fraction of sp³-hybridized carbons (Fsp3) is 0.357. The standard InChI is InChI=1S/C14H16O4/c1-3-11(14(15)16-4-2)7-10-5-6-12-13(8-10)18-9-17-12/h5-8H,3-4,9H2,1-2H3. The molecule has 1 aromatic rings. The van der Waals surface area contributed by atoms with E-state index in [9.17, 15) is 4.79 Å². The summed E-state index contributed by atoms with van der Waals surface area (Å²) in [5, 5.41) is 0. The van der Waals surface area contributed by atoms with E-state index in [4.69, 9.17) is 14.2 Å². The maximum absolute atomic E-state index is 11.7. The van der Waals surface area contributed by atoms with Crippen molar-refractivity contribution in [2.45, 2.75) is 20.3 Å². The van der Waals surface area contributed by atoms with Crippen LogP contribution in [-0.4, -0.2) is 19.4 Å². The molecule has 96 valence electrons. The van der Waals surface area contributed by atoms with Gasteiger partial charge in [0, 0.05) is 5.57 Å². The molecule has 0 amide bonds. The predicted octanol–water partition coefficient (Wildman–Crippen LogP) is 2.77. The van der Waals surface area contributed by atoms with Crippen molar-refractivity contribution in [2.24, 2.45) is 0 Å². The molecule has 0 saturated carbocycles. The number of esters is 1. The molecule has 4 heteroatoms. The second-order valence-corrected chi connectivity index (χ2v) is 3.86. The molecule has 1 aliphatic heterocycles. The largest absolute Gasteiger partial charge is 0.463 e. The van der Waals surface area contributed by atoms with E-state index < -0.39 is 0 Å². The second kappa shape index (κ2) is 5.58. The van der Waals surface area contributed by atoms with Crippen LogP contribution in [0.3, 0.4) is 0 Å². The van der Waals surface area contributed by atoms with Crippen LogP contribution in [0.5, 0.6) is 11.5 Å². The minimum absolute atomic E-state index is 0.251. The molecule has 0 aromatic heterocycles. The Morgan fingerprint density at radius 1 is 1.33 bits per heavy atom. The lowest BCUT2D eigenvalue weighted by Gasteiger charge is -2.05. The highest BCUT2D eigenvalue weighted by Crippen LogP contribution is 2.33. The molecule has 18 heavy (non-hydrogen) atoms. The molecule has 2 rings (SSSR count). The quantitative estimate of drug-likeness (QED) is 0.607. The van der Waals surface area contributed by atoms with Gasteiger partial charge in [-0.25, -0.2) is 4.79 Å². The van der Waals surface area contributed by atoms with Crippen molar-refractivity contribution in [3.63, 3.8) is 0 Å². The number of fused-ring (bicyclic) bond motifs is 1. The van der Waals surface area contributed by atoms with Crippen LogP contribution in [0.15, 0.2) is 23.8 Å². The van der Waals surface area contributed by atoms with E-state index in [-0.39, 0.29) is 12.8 Å². The first-order valence-corrected chi connectivity index (χ1v) is 6.02. The minimum atomic E-state index is -0.266. The first-order valence-electron chi connectivity index (χ1n) is 6.02. The van der Waals surface area contributed by atoms with E-state index >= 15 is 0 Å². The van der Waals surface area contributed by atoms with Crippen LogP contribution >= 0.6 is 0 Å². The van der Waals surface area contributed by atoms with Gasteiger partial charge in [-0.05, 0) is 37.1 Å². The van der Waals surface area contributed by atoms with Crippen molar-refractivity contribution in [1.82, 2.24) is 0 Å². The third-order valence-electron chi connectivity index (χ3n) is 2.66. The van der Waals surface area contributed by atoms with Crippen LogP contribution in [0.25, 0.3) is 6.08 Å². The Hall–Kier alpha value is -1.97. The number of hydrogen-bond acceptors (Lipinski definition) is 4. The van der Waals surface area contributed by atoms with Crippen LogP contribution in [-0.2, 0) is 9.53 Å². The van der Waals surface area contributed by atoms with Gasteiger partial charge >= 0.3 is 5.97 Å². The SMILES string of the molecule is CCOC(=O)C(=Cc1ccc2c(c1)OCO2)CC. The summed E-state index contributed by atoms with van der Waals surface area (Å²) in [6, 6.07) is 5.59. The fourth-order valence-electron chi connectivity index (χ4n) is 1.73. The maximum Gasteiger partial charge on any atom is 0.333 e. The van der Waals surface area contributed by atoms with Crippen LogP contribution in [0.2, 0.25) is 0 Å². The number of rotatable bonds is 4. The smallest absolute Gasteiger partial charge is 0.333 e. The van der Waals surface area contributed by atoms with Gasteiger partial charge in [0.1, 0.15) is 0 Å². The molecule has 0 spiro atoms. The highest BCUT2D eigenvalue weighted by molar-refractivity contribution is 5.93. The molecule has 0 bridgehead atoms. The Morgan fingerprint density at radius 3 is 2.83 bits per heavy atom. The van der Waals surface area contributed by atoms with E-state index in [0.717, 1.165) is 11.3 Å². The van der Waals surface area contributed by atoms with Crippen LogP contribution in [0.1, 0.15) is 25.8 Å².